The van der Waals surface area contributed by atoms with Gasteiger partial charge in [-0.05, 0) is 38.3 Å². The maximum Gasteiger partial charge on any atom is 0.190 e. The molecule has 1 aliphatic heterocycles. The number of halogens is 1. The summed E-state index contributed by atoms with van der Waals surface area (Å²) in [5.41, 5.74) is 0. The van der Waals surface area contributed by atoms with E-state index in [2.05, 4.69) is 32.3 Å². The zero-order valence-corrected chi connectivity index (χ0v) is 20.2. The molecule has 2 fully saturated rings. The van der Waals surface area contributed by atoms with Crippen LogP contribution in [0.3, 0.4) is 0 Å². The minimum absolute atomic E-state index is 0. The third kappa shape index (κ3) is 10.9. The highest BCUT2D eigenvalue weighted by molar-refractivity contribution is 14.0. The molecule has 27 heavy (non-hydrogen) atoms. The lowest BCUT2D eigenvalue weighted by Crippen LogP contribution is -2.46. The molecule has 2 rings (SSSR count). The Morgan fingerprint density at radius 1 is 0.889 bits per heavy atom. The van der Waals surface area contributed by atoms with Crippen molar-refractivity contribution in [3.05, 3.63) is 0 Å². The number of piperazine rings is 1. The molecule has 1 heterocycles. The molecule has 0 atom stereocenters. The molecule has 5 nitrogen and oxygen atoms in total. The van der Waals surface area contributed by atoms with Gasteiger partial charge in [0.25, 0.3) is 0 Å². The first-order valence-electron chi connectivity index (χ1n) is 11.2. The predicted octanol–water partition coefficient (Wildman–Crippen LogP) is 3.55. The fourth-order valence-electron chi connectivity index (χ4n) is 4.28. The number of nitrogens with zero attached hydrogens (tertiary/aromatic N) is 3. The van der Waals surface area contributed by atoms with Crippen molar-refractivity contribution in [2.45, 2.75) is 64.7 Å². The van der Waals surface area contributed by atoms with Crippen molar-refractivity contribution in [3.63, 3.8) is 0 Å². The zero-order valence-electron chi connectivity index (χ0n) is 17.8. The van der Waals surface area contributed by atoms with Crippen molar-refractivity contribution >= 4 is 29.9 Å². The number of rotatable bonds is 11. The standard InChI is InChI=1S/C21H43N5.HI/c1-3-25-16-18-26(19-17-25)15-9-8-14-24-21(22-2)23-13-7-6-12-20-10-4-5-11-20;/h20H,3-19H2,1-2H3,(H2,22,23,24);1H. The van der Waals surface area contributed by atoms with E-state index in [0.29, 0.717) is 0 Å². The molecule has 0 radical (unpaired) electrons. The molecule has 1 saturated heterocycles. The molecule has 0 aromatic rings. The van der Waals surface area contributed by atoms with E-state index in [0.717, 1.165) is 25.0 Å². The Bertz CT molecular complexity index is 377. The van der Waals surface area contributed by atoms with Gasteiger partial charge in [-0.3, -0.25) is 4.99 Å². The average molecular weight is 494 g/mol. The third-order valence-electron chi connectivity index (χ3n) is 6.14. The minimum Gasteiger partial charge on any atom is -0.356 e. The van der Waals surface area contributed by atoms with Crippen LogP contribution in [0.2, 0.25) is 0 Å². The SMILES string of the molecule is CCN1CCN(CCCCNC(=NC)NCCCCC2CCCC2)CC1.I. The molecule has 0 aromatic carbocycles. The molecule has 0 unspecified atom stereocenters. The Balaban J connectivity index is 0.00000364. The highest BCUT2D eigenvalue weighted by Gasteiger charge is 2.15. The number of likely N-dealkylation sites (N-methyl/N-ethyl adjacent to an activating group) is 1. The molecule has 0 aromatic heterocycles. The van der Waals surface area contributed by atoms with Crippen molar-refractivity contribution < 1.29 is 0 Å². The molecule has 0 spiro atoms. The average Bonchev–Trinajstić information content (AvgIpc) is 3.20. The summed E-state index contributed by atoms with van der Waals surface area (Å²) in [7, 11) is 1.88. The van der Waals surface area contributed by atoms with Gasteiger partial charge in [0.15, 0.2) is 5.96 Å². The largest absolute Gasteiger partial charge is 0.356 e. The monoisotopic (exact) mass is 493 g/mol. The Kier molecular flexibility index (Phi) is 14.6. The van der Waals surface area contributed by atoms with Gasteiger partial charge < -0.3 is 20.4 Å². The van der Waals surface area contributed by atoms with Crippen LogP contribution in [0, 0.1) is 5.92 Å². The predicted molar refractivity (Wildman–Crippen MR) is 128 cm³/mol. The van der Waals surface area contributed by atoms with Crippen LogP contribution >= 0.6 is 24.0 Å². The van der Waals surface area contributed by atoms with Gasteiger partial charge in [-0.1, -0.05) is 45.4 Å². The lowest BCUT2D eigenvalue weighted by molar-refractivity contribution is 0.136. The molecule has 0 amide bonds. The van der Waals surface area contributed by atoms with E-state index in [-0.39, 0.29) is 24.0 Å². The third-order valence-corrected chi connectivity index (χ3v) is 6.14. The molecule has 1 aliphatic carbocycles. The van der Waals surface area contributed by atoms with Gasteiger partial charge in [-0.15, -0.1) is 24.0 Å². The minimum atomic E-state index is 0. The van der Waals surface area contributed by atoms with Crippen molar-refractivity contribution in [3.8, 4) is 0 Å². The summed E-state index contributed by atoms with van der Waals surface area (Å²) in [6.07, 6.45) is 12.4. The maximum atomic E-state index is 4.35. The van der Waals surface area contributed by atoms with Gasteiger partial charge in [0.1, 0.15) is 0 Å². The van der Waals surface area contributed by atoms with Crippen LogP contribution in [0.15, 0.2) is 4.99 Å². The Hall–Kier alpha value is -0.0800. The second-order valence-corrected chi connectivity index (χ2v) is 8.06. The molecular formula is C21H44IN5. The summed E-state index contributed by atoms with van der Waals surface area (Å²) >= 11 is 0. The number of hydrogen-bond acceptors (Lipinski definition) is 3. The topological polar surface area (TPSA) is 42.9 Å². The summed E-state index contributed by atoms with van der Waals surface area (Å²) in [6, 6.07) is 0. The van der Waals surface area contributed by atoms with Crippen LogP contribution in [0.25, 0.3) is 0 Å². The van der Waals surface area contributed by atoms with Crippen molar-refractivity contribution in [2.75, 3.05) is 59.4 Å². The summed E-state index contributed by atoms with van der Waals surface area (Å²) in [5.74, 6) is 2.00. The van der Waals surface area contributed by atoms with Gasteiger partial charge in [0, 0.05) is 46.3 Å². The summed E-state index contributed by atoms with van der Waals surface area (Å²) < 4.78 is 0. The van der Waals surface area contributed by atoms with Crippen LogP contribution < -0.4 is 10.6 Å². The number of unbranched alkanes of at least 4 members (excludes halogenated alkanes) is 2. The molecular weight excluding hydrogens is 449 g/mol. The highest BCUT2D eigenvalue weighted by Crippen LogP contribution is 2.28. The Morgan fingerprint density at radius 3 is 2.07 bits per heavy atom. The molecule has 2 N–H and O–H groups in total. The first kappa shape index (κ1) is 25.0. The van der Waals surface area contributed by atoms with E-state index >= 15 is 0 Å². The first-order chi connectivity index (χ1) is 12.8. The smallest absolute Gasteiger partial charge is 0.190 e. The van der Waals surface area contributed by atoms with Crippen molar-refractivity contribution in [2.24, 2.45) is 10.9 Å². The van der Waals surface area contributed by atoms with Gasteiger partial charge in [0.05, 0.1) is 0 Å². The van der Waals surface area contributed by atoms with Gasteiger partial charge in [-0.2, -0.15) is 0 Å². The van der Waals surface area contributed by atoms with E-state index in [1.54, 1.807) is 0 Å². The van der Waals surface area contributed by atoms with Gasteiger partial charge >= 0.3 is 0 Å². The maximum absolute atomic E-state index is 4.35. The van der Waals surface area contributed by atoms with E-state index in [9.17, 15) is 0 Å². The quantitative estimate of drug-likeness (QED) is 0.200. The Morgan fingerprint density at radius 2 is 1.48 bits per heavy atom. The number of nitrogens with one attached hydrogen (secondary N) is 2. The van der Waals surface area contributed by atoms with Crippen LogP contribution in [0.1, 0.15) is 64.7 Å². The van der Waals surface area contributed by atoms with Crippen LogP contribution in [0.5, 0.6) is 0 Å². The lowest BCUT2D eigenvalue weighted by Gasteiger charge is -2.34. The van der Waals surface area contributed by atoms with Crippen molar-refractivity contribution in [1.29, 1.82) is 0 Å². The van der Waals surface area contributed by atoms with Crippen LogP contribution in [-0.4, -0.2) is 75.2 Å². The molecule has 6 heteroatoms. The summed E-state index contributed by atoms with van der Waals surface area (Å²) in [4.78, 5) is 9.50. The first-order valence-corrected chi connectivity index (χ1v) is 11.2. The van der Waals surface area contributed by atoms with Crippen LogP contribution in [-0.2, 0) is 0 Å². The van der Waals surface area contributed by atoms with E-state index in [1.807, 2.05) is 7.05 Å². The normalized spacial score (nSPS) is 19.9. The highest BCUT2D eigenvalue weighted by atomic mass is 127. The second kappa shape index (κ2) is 15.8. The Labute approximate surface area is 185 Å². The van der Waals surface area contributed by atoms with E-state index in [1.165, 1.54) is 97.1 Å². The summed E-state index contributed by atoms with van der Waals surface area (Å²) in [5, 5.41) is 6.94. The fraction of sp³-hybridized carbons (Fsp3) is 0.952. The van der Waals surface area contributed by atoms with E-state index < -0.39 is 0 Å². The fourth-order valence-corrected chi connectivity index (χ4v) is 4.28. The number of guanidine groups is 1. The zero-order chi connectivity index (χ0) is 18.5. The van der Waals surface area contributed by atoms with Gasteiger partial charge in [-0.25, -0.2) is 0 Å². The van der Waals surface area contributed by atoms with Crippen LogP contribution in [0.4, 0.5) is 0 Å². The van der Waals surface area contributed by atoms with E-state index in [4.69, 9.17) is 0 Å². The van der Waals surface area contributed by atoms with Gasteiger partial charge in [0.2, 0.25) is 0 Å². The van der Waals surface area contributed by atoms with Crippen molar-refractivity contribution in [1.82, 2.24) is 20.4 Å². The number of hydrogen-bond donors (Lipinski definition) is 2. The molecule has 2 aliphatic rings. The molecule has 0 bridgehead atoms. The number of aliphatic imine (C=N–C) groups is 1. The molecule has 1 saturated carbocycles. The second-order valence-electron chi connectivity index (χ2n) is 8.06. The lowest BCUT2D eigenvalue weighted by atomic mass is 10.0. The molecule has 160 valence electrons. The summed E-state index contributed by atoms with van der Waals surface area (Å²) in [6.45, 7) is 11.7.